The van der Waals surface area contributed by atoms with Crippen LogP contribution in [-0.2, 0) is 6.54 Å². The summed E-state index contributed by atoms with van der Waals surface area (Å²) < 4.78 is 0. The predicted molar refractivity (Wildman–Crippen MR) is 123 cm³/mol. The van der Waals surface area contributed by atoms with Crippen molar-refractivity contribution in [3.8, 4) is 11.8 Å². The number of hydrazine groups is 1. The van der Waals surface area contributed by atoms with Gasteiger partial charge in [-0.15, -0.1) is 11.3 Å². The Morgan fingerprint density at radius 2 is 2.07 bits per heavy atom. The zero-order valence-electron chi connectivity index (χ0n) is 18.2. The number of nitrogens with one attached hydrogen (secondary N) is 1. The number of carboxylic acids is 1. The highest BCUT2D eigenvalue weighted by Gasteiger charge is 2.25. The zero-order valence-corrected chi connectivity index (χ0v) is 19.1. The molecule has 160 valence electrons. The molecule has 0 saturated heterocycles. The maximum Gasteiger partial charge on any atom is 0.348 e. The van der Waals surface area contributed by atoms with Gasteiger partial charge in [-0.1, -0.05) is 24.8 Å². The Balaban J connectivity index is 1.93. The maximum atomic E-state index is 12.0. The molecule has 1 aliphatic carbocycles. The van der Waals surface area contributed by atoms with Gasteiger partial charge in [-0.05, 0) is 70.1 Å². The van der Waals surface area contributed by atoms with E-state index < -0.39 is 5.97 Å². The molecule has 1 aliphatic rings. The molecular weight excluding hydrogens is 394 g/mol. The monoisotopic (exact) mass is 425 g/mol. The number of rotatable bonds is 6. The summed E-state index contributed by atoms with van der Waals surface area (Å²) in [6.07, 6.45) is 8.14. The first-order chi connectivity index (χ1) is 14.2. The third-order valence-electron chi connectivity index (χ3n) is 5.18. The summed E-state index contributed by atoms with van der Waals surface area (Å²) in [4.78, 5) is 17.3. The van der Waals surface area contributed by atoms with E-state index in [0.29, 0.717) is 23.2 Å². The average Bonchev–Trinajstić information content (AvgIpc) is 3.13. The predicted octanol–water partition coefficient (Wildman–Crippen LogP) is 5.33. The molecule has 1 fully saturated rings. The molecule has 1 saturated carbocycles. The van der Waals surface area contributed by atoms with E-state index in [1.165, 1.54) is 24.2 Å². The lowest BCUT2D eigenvalue weighted by Crippen LogP contribution is -2.46. The van der Waals surface area contributed by atoms with Crippen molar-refractivity contribution in [1.29, 1.82) is 0 Å². The highest BCUT2D eigenvalue weighted by atomic mass is 32.1. The van der Waals surface area contributed by atoms with Gasteiger partial charge in [0.05, 0.1) is 17.1 Å². The Morgan fingerprint density at radius 3 is 2.67 bits per heavy atom. The van der Waals surface area contributed by atoms with Gasteiger partial charge in [0.1, 0.15) is 4.88 Å². The quantitative estimate of drug-likeness (QED) is 0.484. The molecule has 0 spiro atoms. The molecule has 5 nitrogen and oxygen atoms in total. The lowest BCUT2D eigenvalue weighted by atomic mass is 9.88. The van der Waals surface area contributed by atoms with E-state index in [9.17, 15) is 9.90 Å². The second kappa shape index (κ2) is 9.63. The van der Waals surface area contributed by atoms with Crippen molar-refractivity contribution in [2.75, 3.05) is 5.01 Å². The van der Waals surface area contributed by atoms with Gasteiger partial charge in [-0.2, -0.15) is 0 Å². The number of thiophene rings is 1. The van der Waals surface area contributed by atoms with Crippen molar-refractivity contribution in [1.82, 2.24) is 10.4 Å². The Hall–Kier alpha value is -2.36. The summed E-state index contributed by atoms with van der Waals surface area (Å²) in [5, 5.41) is 11.8. The number of anilines is 1. The van der Waals surface area contributed by atoms with E-state index in [4.69, 9.17) is 0 Å². The number of hydrogen-bond acceptors (Lipinski definition) is 5. The molecule has 2 aromatic heterocycles. The highest BCUT2D eigenvalue weighted by molar-refractivity contribution is 7.15. The van der Waals surface area contributed by atoms with E-state index in [0.717, 1.165) is 29.2 Å². The van der Waals surface area contributed by atoms with Crippen molar-refractivity contribution in [2.45, 2.75) is 66.0 Å². The summed E-state index contributed by atoms with van der Waals surface area (Å²) in [5.41, 5.74) is 5.19. The molecule has 3 rings (SSSR count). The van der Waals surface area contributed by atoms with Gasteiger partial charge in [0.15, 0.2) is 0 Å². The minimum absolute atomic E-state index is 0.139. The average molecular weight is 426 g/mol. The first kappa shape index (κ1) is 22.3. The van der Waals surface area contributed by atoms with Crippen LogP contribution in [0.5, 0.6) is 0 Å². The number of pyridine rings is 1. The van der Waals surface area contributed by atoms with Gasteiger partial charge < -0.3 is 10.1 Å². The van der Waals surface area contributed by atoms with Gasteiger partial charge >= 0.3 is 5.97 Å². The minimum Gasteiger partial charge on any atom is -0.477 e. The molecule has 6 heteroatoms. The Morgan fingerprint density at radius 1 is 1.33 bits per heavy atom. The maximum absolute atomic E-state index is 12.0. The first-order valence-electron chi connectivity index (χ1n) is 10.5. The molecule has 0 unspecified atom stereocenters. The fraction of sp³-hybridized carbons (Fsp3) is 0.500. The fourth-order valence-corrected chi connectivity index (χ4v) is 4.38. The smallest absolute Gasteiger partial charge is 0.348 e. The number of aromatic nitrogens is 1. The summed E-state index contributed by atoms with van der Waals surface area (Å²) in [7, 11) is 0. The highest BCUT2D eigenvalue weighted by Crippen LogP contribution is 2.32. The molecular formula is C24H31N3O2S. The van der Waals surface area contributed by atoms with Crippen molar-refractivity contribution >= 4 is 23.0 Å². The third kappa shape index (κ3) is 6.32. The molecule has 0 aliphatic heterocycles. The standard InChI is InChI=1S/C24H31N3O2S/c1-17-7-9-19(10-8-17)26-27(16-18-6-5-13-25-15-18)21-14-20(11-12-24(2,3)4)30-22(21)23(28)29/h5-6,13-15,17,19,26H,7-10,16H2,1-4H3,(H,28,29). The molecule has 0 atom stereocenters. The van der Waals surface area contributed by atoms with Crippen LogP contribution in [0.4, 0.5) is 5.69 Å². The third-order valence-corrected chi connectivity index (χ3v) is 6.20. The van der Waals surface area contributed by atoms with E-state index in [1.807, 2.05) is 50.2 Å². The lowest BCUT2D eigenvalue weighted by molar-refractivity contribution is 0.0702. The molecule has 2 aromatic rings. The first-order valence-corrected chi connectivity index (χ1v) is 11.4. The number of carbonyl (C=O) groups is 1. The fourth-order valence-electron chi connectivity index (χ4n) is 3.53. The van der Waals surface area contributed by atoms with Crippen LogP contribution in [0.1, 0.15) is 73.5 Å². The normalized spacial score (nSPS) is 19.1. The number of aromatic carboxylic acids is 1. The summed E-state index contributed by atoms with van der Waals surface area (Å²) >= 11 is 1.24. The minimum atomic E-state index is -0.922. The molecule has 2 N–H and O–H groups in total. The van der Waals surface area contributed by atoms with Crippen LogP contribution in [-0.4, -0.2) is 22.1 Å². The molecule has 0 radical (unpaired) electrons. The van der Waals surface area contributed by atoms with Crippen LogP contribution in [0.25, 0.3) is 0 Å². The van der Waals surface area contributed by atoms with Crippen LogP contribution in [0.15, 0.2) is 30.6 Å². The summed E-state index contributed by atoms with van der Waals surface area (Å²) in [5.74, 6) is 6.21. The van der Waals surface area contributed by atoms with Crippen molar-refractivity contribution < 1.29 is 9.90 Å². The van der Waals surface area contributed by atoms with E-state index >= 15 is 0 Å². The Bertz CT molecular complexity index is 913. The topological polar surface area (TPSA) is 65.5 Å². The molecule has 0 aromatic carbocycles. The van der Waals surface area contributed by atoms with Gasteiger partial charge in [-0.25, -0.2) is 10.2 Å². The second-order valence-electron chi connectivity index (χ2n) is 9.16. The molecule has 30 heavy (non-hydrogen) atoms. The summed E-state index contributed by atoms with van der Waals surface area (Å²) in [6, 6.07) is 6.16. The largest absolute Gasteiger partial charge is 0.477 e. The molecule has 0 amide bonds. The molecule has 2 heterocycles. The van der Waals surface area contributed by atoms with Crippen molar-refractivity contribution in [2.24, 2.45) is 11.3 Å². The zero-order chi connectivity index (χ0) is 21.7. The second-order valence-corrected chi connectivity index (χ2v) is 10.2. The van der Waals surface area contributed by atoms with Gasteiger partial charge in [0.25, 0.3) is 0 Å². The Labute approximate surface area is 183 Å². The summed E-state index contributed by atoms with van der Waals surface area (Å²) in [6.45, 7) is 8.99. The van der Waals surface area contributed by atoms with Crippen LogP contribution in [0.3, 0.4) is 0 Å². The lowest BCUT2D eigenvalue weighted by Gasteiger charge is -2.34. The number of nitrogens with zero attached hydrogens (tertiary/aromatic N) is 2. The van der Waals surface area contributed by atoms with Crippen LogP contribution in [0, 0.1) is 23.2 Å². The number of hydrogen-bond donors (Lipinski definition) is 2. The number of carboxylic acid groups (broad SMARTS) is 1. The van der Waals surface area contributed by atoms with E-state index in [2.05, 4.69) is 29.2 Å². The van der Waals surface area contributed by atoms with Gasteiger partial charge in [0.2, 0.25) is 0 Å². The SMILES string of the molecule is CC1CCC(NN(Cc2cccnc2)c2cc(C#CC(C)(C)C)sc2C(=O)O)CC1. The van der Waals surface area contributed by atoms with Crippen molar-refractivity contribution in [3.05, 3.63) is 45.9 Å². The van der Waals surface area contributed by atoms with Crippen LogP contribution < -0.4 is 10.4 Å². The van der Waals surface area contributed by atoms with Crippen LogP contribution in [0.2, 0.25) is 0 Å². The van der Waals surface area contributed by atoms with Gasteiger partial charge in [-0.3, -0.25) is 4.98 Å². The van der Waals surface area contributed by atoms with Crippen molar-refractivity contribution in [3.63, 3.8) is 0 Å². The van der Waals surface area contributed by atoms with E-state index in [-0.39, 0.29) is 5.41 Å². The van der Waals surface area contributed by atoms with Gasteiger partial charge in [0, 0.05) is 23.9 Å². The van der Waals surface area contributed by atoms with Crippen LogP contribution >= 0.6 is 11.3 Å². The van der Waals surface area contributed by atoms with E-state index in [1.54, 1.807) is 6.20 Å². The Kier molecular flexibility index (Phi) is 7.17. The molecule has 0 bridgehead atoms.